The summed E-state index contributed by atoms with van der Waals surface area (Å²) in [6, 6.07) is 7.44. The molecule has 0 bridgehead atoms. The number of rotatable bonds is 6. The third kappa shape index (κ3) is 4.72. The smallest absolute Gasteiger partial charge is 0.241 e. The second kappa shape index (κ2) is 8.00. The van der Waals surface area contributed by atoms with Crippen molar-refractivity contribution < 1.29 is 9.53 Å². The number of carbonyl (C=O) groups is 1. The van der Waals surface area contributed by atoms with Crippen LogP contribution in [0.3, 0.4) is 0 Å². The van der Waals surface area contributed by atoms with Gasteiger partial charge in [-0.05, 0) is 37.6 Å². The first-order chi connectivity index (χ1) is 10.2. The number of nitrogens with one attached hydrogen (secondary N) is 2. The van der Waals surface area contributed by atoms with Crippen molar-refractivity contribution in [2.75, 3.05) is 38.1 Å². The summed E-state index contributed by atoms with van der Waals surface area (Å²) >= 11 is 0. The first-order valence-electron chi connectivity index (χ1n) is 7.69. The van der Waals surface area contributed by atoms with Crippen LogP contribution in [-0.2, 0) is 4.79 Å². The standard InChI is InChI=1S/C16H25N3O2/c1-3-12-21-15-6-4-14(5-7-15)18-16(20)13(2)19-10-8-17-9-11-19/h4-7,13,17H,3,8-12H2,1-2H3,(H,18,20). The molecular weight excluding hydrogens is 266 g/mol. The molecule has 1 heterocycles. The summed E-state index contributed by atoms with van der Waals surface area (Å²) in [6.07, 6.45) is 0.987. The van der Waals surface area contributed by atoms with Crippen molar-refractivity contribution in [3.63, 3.8) is 0 Å². The molecule has 1 atom stereocenters. The average molecular weight is 291 g/mol. The van der Waals surface area contributed by atoms with E-state index in [1.54, 1.807) is 0 Å². The lowest BCUT2D eigenvalue weighted by atomic mass is 10.2. The van der Waals surface area contributed by atoms with Crippen LogP contribution in [0.5, 0.6) is 5.75 Å². The largest absolute Gasteiger partial charge is 0.494 e. The lowest BCUT2D eigenvalue weighted by molar-refractivity contribution is -0.120. The van der Waals surface area contributed by atoms with Crippen molar-refractivity contribution in [2.45, 2.75) is 26.3 Å². The number of nitrogens with zero attached hydrogens (tertiary/aromatic N) is 1. The lowest BCUT2D eigenvalue weighted by Gasteiger charge is -2.31. The molecule has 0 aromatic heterocycles. The average Bonchev–Trinajstić information content (AvgIpc) is 2.54. The number of carbonyl (C=O) groups excluding carboxylic acids is 1. The van der Waals surface area contributed by atoms with E-state index in [-0.39, 0.29) is 11.9 Å². The zero-order valence-electron chi connectivity index (χ0n) is 12.9. The maximum Gasteiger partial charge on any atom is 0.241 e. The SMILES string of the molecule is CCCOc1ccc(NC(=O)C(C)N2CCNCC2)cc1. The number of hydrogen-bond acceptors (Lipinski definition) is 4. The minimum absolute atomic E-state index is 0.0409. The van der Waals surface area contributed by atoms with E-state index in [1.807, 2.05) is 31.2 Å². The highest BCUT2D eigenvalue weighted by Crippen LogP contribution is 2.16. The second-order valence-electron chi connectivity index (χ2n) is 5.32. The molecule has 1 fully saturated rings. The van der Waals surface area contributed by atoms with E-state index < -0.39 is 0 Å². The summed E-state index contributed by atoms with van der Waals surface area (Å²) in [5, 5.41) is 6.26. The number of piperazine rings is 1. The Morgan fingerprint density at radius 3 is 2.62 bits per heavy atom. The fraction of sp³-hybridized carbons (Fsp3) is 0.562. The summed E-state index contributed by atoms with van der Waals surface area (Å²) in [5.74, 6) is 0.879. The highest BCUT2D eigenvalue weighted by molar-refractivity contribution is 5.94. The molecule has 21 heavy (non-hydrogen) atoms. The van der Waals surface area contributed by atoms with Gasteiger partial charge in [0.1, 0.15) is 5.75 Å². The Morgan fingerprint density at radius 1 is 1.33 bits per heavy atom. The van der Waals surface area contributed by atoms with Gasteiger partial charge in [-0.25, -0.2) is 0 Å². The van der Waals surface area contributed by atoms with Crippen molar-refractivity contribution >= 4 is 11.6 Å². The van der Waals surface area contributed by atoms with Crippen LogP contribution in [0.15, 0.2) is 24.3 Å². The maximum atomic E-state index is 12.3. The summed E-state index contributed by atoms with van der Waals surface area (Å²) in [7, 11) is 0. The van der Waals surface area contributed by atoms with Crippen molar-refractivity contribution in [1.82, 2.24) is 10.2 Å². The van der Waals surface area contributed by atoms with Crippen LogP contribution in [0.1, 0.15) is 20.3 Å². The predicted molar refractivity (Wildman–Crippen MR) is 84.8 cm³/mol. The molecule has 1 aromatic carbocycles. The molecule has 1 aliphatic rings. The lowest BCUT2D eigenvalue weighted by Crippen LogP contribution is -2.51. The molecule has 1 amide bonds. The van der Waals surface area contributed by atoms with Crippen LogP contribution in [0.4, 0.5) is 5.69 Å². The molecule has 0 saturated carbocycles. The molecule has 1 saturated heterocycles. The van der Waals surface area contributed by atoms with Gasteiger partial charge in [-0.2, -0.15) is 0 Å². The van der Waals surface area contributed by atoms with Gasteiger partial charge in [-0.3, -0.25) is 9.69 Å². The van der Waals surface area contributed by atoms with Crippen LogP contribution in [0.2, 0.25) is 0 Å². The molecule has 0 spiro atoms. The van der Waals surface area contributed by atoms with Crippen LogP contribution in [0, 0.1) is 0 Å². The minimum atomic E-state index is -0.108. The molecule has 5 heteroatoms. The fourth-order valence-electron chi connectivity index (χ4n) is 2.34. The Balaban J connectivity index is 1.86. The first-order valence-corrected chi connectivity index (χ1v) is 7.69. The van der Waals surface area contributed by atoms with Gasteiger partial charge in [-0.1, -0.05) is 6.92 Å². The number of ether oxygens (including phenoxy) is 1. The molecule has 2 rings (SSSR count). The molecule has 5 nitrogen and oxygen atoms in total. The van der Waals surface area contributed by atoms with Gasteiger partial charge in [0.15, 0.2) is 0 Å². The van der Waals surface area contributed by atoms with Crippen molar-refractivity contribution in [1.29, 1.82) is 0 Å². The van der Waals surface area contributed by atoms with E-state index >= 15 is 0 Å². The fourth-order valence-corrected chi connectivity index (χ4v) is 2.34. The Morgan fingerprint density at radius 2 is 2.00 bits per heavy atom. The summed E-state index contributed by atoms with van der Waals surface area (Å²) < 4.78 is 5.53. The van der Waals surface area contributed by atoms with Crippen LogP contribution in [-0.4, -0.2) is 49.6 Å². The topological polar surface area (TPSA) is 53.6 Å². The third-order valence-electron chi connectivity index (χ3n) is 3.67. The van der Waals surface area contributed by atoms with Gasteiger partial charge in [-0.15, -0.1) is 0 Å². The van der Waals surface area contributed by atoms with E-state index in [0.717, 1.165) is 44.0 Å². The van der Waals surface area contributed by atoms with Crippen LogP contribution in [0.25, 0.3) is 0 Å². The van der Waals surface area contributed by atoms with Gasteiger partial charge >= 0.3 is 0 Å². The van der Waals surface area contributed by atoms with E-state index in [1.165, 1.54) is 0 Å². The number of hydrogen-bond donors (Lipinski definition) is 2. The zero-order valence-corrected chi connectivity index (χ0v) is 12.9. The zero-order chi connectivity index (χ0) is 15.1. The Kier molecular flexibility index (Phi) is 6.02. The van der Waals surface area contributed by atoms with Gasteiger partial charge in [0.05, 0.1) is 12.6 Å². The molecule has 2 N–H and O–H groups in total. The molecule has 0 aliphatic carbocycles. The molecule has 0 radical (unpaired) electrons. The molecule has 1 aliphatic heterocycles. The van der Waals surface area contributed by atoms with Crippen molar-refractivity contribution in [2.24, 2.45) is 0 Å². The first kappa shape index (κ1) is 15.8. The molecule has 1 unspecified atom stereocenters. The van der Waals surface area contributed by atoms with Gasteiger partial charge in [0.2, 0.25) is 5.91 Å². The highest BCUT2D eigenvalue weighted by atomic mass is 16.5. The molecular formula is C16H25N3O2. The minimum Gasteiger partial charge on any atom is -0.494 e. The van der Waals surface area contributed by atoms with E-state index in [0.29, 0.717) is 6.61 Å². The highest BCUT2D eigenvalue weighted by Gasteiger charge is 2.22. The van der Waals surface area contributed by atoms with Gasteiger partial charge < -0.3 is 15.4 Å². The second-order valence-corrected chi connectivity index (χ2v) is 5.32. The Bertz CT molecular complexity index is 441. The van der Waals surface area contributed by atoms with Crippen molar-refractivity contribution in [3.05, 3.63) is 24.3 Å². The van der Waals surface area contributed by atoms with E-state index in [2.05, 4.69) is 22.5 Å². The summed E-state index contributed by atoms with van der Waals surface area (Å²) in [6.45, 7) is 8.47. The molecule has 116 valence electrons. The monoisotopic (exact) mass is 291 g/mol. The normalized spacial score (nSPS) is 17.2. The summed E-state index contributed by atoms with van der Waals surface area (Å²) in [4.78, 5) is 14.5. The van der Waals surface area contributed by atoms with Crippen molar-refractivity contribution in [3.8, 4) is 5.75 Å². The quantitative estimate of drug-likeness (QED) is 0.838. The predicted octanol–water partition coefficient (Wildman–Crippen LogP) is 1.71. The Labute approximate surface area is 126 Å². The summed E-state index contributed by atoms with van der Waals surface area (Å²) in [5.41, 5.74) is 0.811. The van der Waals surface area contributed by atoms with Gasteiger partial charge in [0.25, 0.3) is 0 Å². The number of anilines is 1. The van der Waals surface area contributed by atoms with Gasteiger partial charge in [0, 0.05) is 31.9 Å². The number of amides is 1. The molecule has 1 aromatic rings. The van der Waals surface area contributed by atoms with E-state index in [4.69, 9.17) is 4.74 Å². The van der Waals surface area contributed by atoms with Crippen LogP contribution >= 0.6 is 0 Å². The third-order valence-corrected chi connectivity index (χ3v) is 3.67. The van der Waals surface area contributed by atoms with E-state index in [9.17, 15) is 4.79 Å². The van der Waals surface area contributed by atoms with Crippen LogP contribution < -0.4 is 15.4 Å². The Hall–Kier alpha value is -1.59. The number of benzene rings is 1. The maximum absolute atomic E-state index is 12.3.